The molecule has 12 nitrogen and oxygen atoms in total. The molecule has 2 aliphatic rings. The summed E-state index contributed by atoms with van der Waals surface area (Å²) in [6.07, 6.45) is 0.650. The van der Waals surface area contributed by atoms with Crippen LogP contribution < -0.4 is 14.5 Å². The molecular weight excluding hydrogens is 524 g/mol. The number of ether oxygens (including phenoxy) is 1. The summed E-state index contributed by atoms with van der Waals surface area (Å²) in [5.41, 5.74) is -1.49. The first-order chi connectivity index (χ1) is 17.5. The van der Waals surface area contributed by atoms with Crippen LogP contribution in [0.25, 0.3) is 0 Å². The van der Waals surface area contributed by atoms with Gasteiger partial charge < -0.3 is 18.7 Å². The standard InChI is InChI=1S/C21H20F3N4O8P/c1-2-17(30)36-37(32,33)28(16-5-8-34-25-16)11-13-10-27(21(31)35-13)15-9-14(22)20(19(24)18(15)23)26-6-3-12(29)4-7-26/h3,5-6,8-9,13H,2,4,7,10-11H2,1H3,(H,32,33). The Labute approximate surface area is 207 Å². The zero-order valence-electron chi connectivity index (χ0n) is 19.2. The highest BCUT2D eigenvalue weighted by Crippen LogP contribution is 2.49. The lowest BCUT2D eigenvalue weighted by molar-refractivity contribution is -0.134. The lowest BCUT2D eigenvalue weighted by Gasteiger charge is -2.27. The quantitative estimate of drug-likeness (QED) is 0.386. The van der Waals surface area contributed by atoms with Crippen LogP contribution >= 0.6 is 7.75 Å². The molecule has 0 radical (unpaired) electrons. The number of carbonyl (C=O) groups is 3. The summed E-state index contributed by atoms with van der Waals surface area (Å²) in [6.45, 7) is 0.273. The van der Waals surface area contributed by atoms with Gasteiger partial charge in [0.05, 0.1) is 18.8 Å². The number of hydrogen-bond acceptors (Lipinski definition) is 9. The van der Waals surface area contributed by atoms with Crippen molar-refractivity contribution >= 4 is 42.8 Å². The summed E-state index contributed by atoms with van der Waals surface area (Å²) >= 11 is 0. The monoisotopic (exact) mass is 544 g/mol. The number of halogens is 3. The van der Waals surface area contributed by atoms with Gasteiger partial charge in [0.2, 0.25) is 0 Å². The Morgan fingerprint density at radius 2 is 2.08 bits per heavy atom. The van der Waals surface area contributed by atoms with Crippen molar-refractivity contribution in [1.82, 2.24) is 5.16 Å². The SMILES string of the molecule is CCC(=O)OP(=O)(O)N(CC1CN(c2cc(F)c(N3C=CC(=O)CC3)c(F)c2F)C(=O)O1)c1ccon1. The van der Waals surface area contributed by atoms with E-state index in [0.29, 0.717) is 15.6 Å². The van der Waals surface area contributed by atoms with Crippen molar-refractivity contribution in [3.8, 4) is 0 Å². The van der Waals surface area contributed by atoms with Gasteiger partial charge in [0.25, 0.3) is 0 Å². The maximum absolute atomic E-state index is 15.0. The van der Waals surface area contributed by atoms with Gasteiger partial charge in [0, 0.05) is 37.7 Å². The highest BCUT2D eigenvalue weighted by Gasteiger charge is 2.42. The van der Waals surface area contributed by atoms with Gasteiger partial charge in [0.15, 0.2) is 29.1 Å². The summed E-state index contributed by atoms with van der Waals surface area (Å²) in [6, 6.07) is 1.79. The van der Waals surface area contributed by atoms with Crippen molar-refractivity contribution < 1.29 is 50.8 Å². The van der Waals surface area contributed by atoms with E-state index in [1.54, 1.807) is 0 Å². The first-order valence-electron chi connectivity index (χ1n) is 10.9. The summed E-state index contributed by atoms with van der Waals surface area (Å²) in [5, 5.41) is 3.53. The van der Waals surface area contributed by atoms with Crippen LogP contribution in [0.4, 0.5) is 35.2 Å². The third-order valence-electron chi connectivity index (χ3n) is 5.49. The molecular formula is C21H20F3N4O8P. The maximum atomic E-state index is 15.0. The van der Waals surface area contributed by atoms with Crippen LogP contribution in [0, 0.1) is 17.5 Å². The number of aromatic nitrogens is 1. The number of hydrogen-bond donors (Lipinski definition) is 1. The Hall–Kier alpha value is -3.84. The molecule has 1 N–H and O–H groups in total. The molecule has 1 aromatic heterocycles. The summed E-state index contributed by atoms with van der Waals surface area (Å²) in [5.74, 6) is -5.80. The van der Waals surface area contributed by atoms with Gasteiger partial charge in [-0.05, 0) is 6.08 Å². The predicted octanol–water partition coefficient (Wildman–Crippen LogP) is 3.27. The van der Waals surface area contributed by atoms with E-state index in [4.69, 9.17) is 4.74 Å². The van der Waals surface area contributed by atoms with Crippen LogP contribution in [0.2, 0.25) is 0 Å². The molecule has 2 atom stereocenters. The largest absolute Gasteiger partial charge is 0.490 e. The average Bonchev–Trinajstić information content (AvgIpc) is 3.50. The fourth-order valence-electron chi connectivity index (χ4n) is 3.70. The first-order valence-corrected chi connectivity index (χ1v) is 12.4. The molecule has 2 unspecified atom stereocenters. The predicted molar refractivity (Wildman–Crippen MR) is 120 cm³/mol. The van der Waals surface area contributed by atoms with Gasteiger partial charge >= 0.3 is 19.8 Å². The van der Waals surface area contributed by atoms with Crippen molar-refractivity contribution in [2.24, 2.45) is 0 Å². The fraction of sp³-hybridized carbons (Fsp3) is 0.333. The number of nitrogens with zero attached hydrogens (tertiary/aromatic N) is 4. The van der Waals surface area contributed by atoms with Gasteiger partial charge in [-0.15, -0.1) is 0 Å². The second-order valence-corrected chi connectivity index (χ2v) is 9.59. The average molecular weight is 544 g/mol. The zero-order chi connectivity index (χ0) is 26.9. The summed E-state index contributed by atoms with van der Waals surface area (Å²) < 4.78 is 72.6. The maximum Gasteiger partial charge on any atom is 0.490 e. The smallest absolute Gasteiger partial charge is 0.442 e. The lowest BCUT2D eigenvalue weighted by Crippen LogP contribution is -2.34. The molecule has 1 fully saturated rings. The van der Waals surface area contributed by atoms with Crippen molar-refractivity contribution in [2.75, 3.05) is 34.1 Å². The molecule has 0 aliphatic carbocycles. The van der Waals surface area contributed by atoms with Crippen molar-refractivity contribution in [1.29, 1.82) is 0 Å². The van der Waals surface area contributed by atoms with Gasteiger partial charge in [-0.25, -0.2) is 27.2 Å². The highest BCUT2D eigenvalue weighted by atomic mass is 31.2. The van der Waals surface area contributed by atoms with E-state index in [0.717, 1.165) is 23.4 Å². The Morgan fingerprint density at radius 3 is 2.70 bits per heavy atom. The number of anilines is 3. The number of ketones is 1. The molecule has 2 aliphatic heterocycles. The molecule has 1 aromatic carbocycles. The number of allylic oxidation sites excluding steroid dienone is 1. The van der Waals surface area contributed by atoms with Crippen molar-refractivity contribution in [3.05, 3.63) is 48.1 Å². The first kappa shape index (κ1) is 26.2. The third-order valence-corrected chi connectivity index (χ3v) is 6.91. The van der Waals surface area contributed by atoms with E-state index in [1.807, 2.05) is 0 Å². The van der Waals surface area contributed by atoms with Crippen LogP contribution in [-0.4, -0.2) is 53.6 Å². The Kier molecular flexibility index (Phi) is 7.28. The van der Waals surface area contributed by atoms with E-state index in [-0.39, 0.29) is 31.0 Å². The van der Waals surface area contributed by atoms with E-state index in [9.17, 15) is 37.0 Å². The molecule has 0 saturated carbocycles. The Balaban J connectivity index is 1.58. The fourth-order valence-corrected chi connectivity index (χ4v) is 4.94. The van der Waals surface area contributed by atoms with Crippen LogP contribution in [0.15, 0.2) is 35.2 Å². The van der Waals surface area contributed by atoms with E-state index >= 15 is 0 Å². The van der Waals surface area contributed by atoms with Gasteiger partial charge in [-0.2, -0.15) is 0 Å². The number of cyclic esters (lactones) is 1. The summed E-state index contributed by atoms with van der Waals surface area (Å²) in [4.78, 5) is 47.5. The van der Waals surface area contributed by atoms with Crippen LogP contribution in [0.5, 0.6) is 0 Å². The molecule has 0 spiro atoms. The van der Waals surface area contributed by atoms with E-state index in [1.165, 1.54) is 13.0 Å². The van der Waals surface area contributed by atoms with Gasteiger partial charge in [-0.3, -0.25) is 19.4 Å². The van der Waals surface area contributed by atoms with Gasteiger partial charge in [-0.1, -0.05) is 12.1 Å². The second-order valence-electron chi connectivity index (χ2n) is 7.94. The topological polar surface area (TPSA) is 143 Å². The molecule has 0 bridgehead atoms. The van der Waals surface area contributed by atoms with E-state index in [2.05, 4.69) is 14.2 Å². The van der Waals surface area contributed by atoms with Crippen LogP contribution in [0.1, 0.15) is 19.8 Å². The molecule has 3 heterocycles. The van der Waals surface area contributed by atoms with Crippen molar-refractivity contribution in [3.63, 3.8) is 0 Å². The molecule has 1 saturated heterocycles. The number of amides is 1. The molecule has 16 heteroatoms. The summed E-state index contributed by atoms with van der Waals surface area (Å²) in [7, 11) is -4.86. The molecule has 198 valence electrons. The number of benzene rings is 1. The minimum atomic E-state index is -4.86. The molecule has 2 aromatic rings. The lowest BCUT2D eigenvalue weighted by atomic mass is 10.1. The minimum absolute atomic E-state index is 0.0246. The Bertz CT molecular complexity index is 1310. The second kappa shape index (κ2) is 10.3. The van der Waals surface area contributed by atoms with Crippen molar-refractivity contribution in [2.45, 2.75) is 25.9 Å². The molecule has 4 rings (SSSR count). The molecule has 1 amide bonds. The number of rotatable bonds is 8. The highest BCUT2D eigenvalue weighted by molar-refractivity contribution is 7.55. The third kappa shape index (κ3) is 5.32. The molecule has 37 heavy (non-hydrogen) atoms. The van der Waals surface area contributed by atoms with Crippen LogP contribution in [0.3, 0.4) is 0 Å². The normalized spacial score (nSPS) is 19.1. The van der Waals surface area contributed by atoms with E-state index < -0.39 is 67.8 Å². The Morgan fingerprint density at radius 1 is 1.32 bits per heavy atom. The number of carbonyl (C=O) groups excluding carboxylic acids is 3. The minimum Gasteiger partial charge on any atom is -0.442 e. The van der Waals surface area contributed by atoms with Gasteiger partial charge in [0.1, 0.15) is 18.1 Å². The zero-order valence-corrected chi connectivity index (χ0v) is 20.1. The van der Waals surface area contributed by atoms with Crippen LogP contribution in [-0.2, 0) is 23.4 Å².